The Kier molecular flexibility index (Phi) is 4.61. The van der Waals surface area contributed by atoms with Gasteiger partial charge in [0, 0.05) is 19.1 Å². The van der Waals surface area contributed by atoms with Crippen LogP contribution in [0.25, 0.3) is 0 Å². The molecule has 2 N–H and O–H groups in total. The lowest BCUT2D eigenvalue weighted by atomic mass is 10.2. The fraction of sp³-hybridized carbons (Fsp3) is 0.538. The van der Waals surface area contributed by atoms with Crippen molar-refractivity contribution in [1.29, 1.82) is 0 Å². The molecule has 1 unspecified atom stereocenters. The summed E-state index contributed by atoms with van der Waals surface area (Å²) >= 11 is 6.04. The summed E-state index contributed by atoms with van der Waals surface area (Å²) in [6, 6.07) is 3.65. The molecule has 1 fully saturated rings. The van der Waals surface area contributed by atoms with Gasteiger partial charge in [-0.2, -0.15) is 0 Å². The van der Waals surface area contributed by atoms with E-state index in [1.165, 1.54) is 0 Å². The van der Waals surface area contributed by atoms with E-state index in [0.717, 1.165) is 26.1 Å². The number of rotatable bonds is 4. The Balaban J connectivity index is 2.07. The van der Waals surface area contributed by atoms with E-state index < -0.39 is 0 Å². The molecule has 0 spiro atoms. The molecular formula is C13H19ClN4O. The molecule has 1 amide bonds. The molecule has 0 bridgehead atoms. The Hall–Kier alpha value is -1.33. The molecule has 0 saturated carbocycles. The van der Waals surface area contributed by atoms with Crippen LogP contribution in [0.1, 0.15) is 23.8 Å². The average Bonchev–Trinajstić information content (AvgIpc) is 2.77. The zero-order valence-corrected chi connectivity index (χ0v) is 12.0. The number of anilines is 1. The van der Waals surface area contributed by atoms with Gasteiger partial charge in [-0.05, 0) is 39.1 Å². The van der Waals surface area contributed by atoms with Gasteiger partial charge in [0.1, 0.15) is 11.5 Å². The first-order chi connectivity index (χ1) is 9.10. The van der Waals surface area contributed by atoms with Crippen LogP contribution in [0.3, 0.4) is 0 Å². The molecule has 5 nitrogen and oxygen atoms in total. The van der Waals surface area contributed by atoms with Crippen LogP contribution in [0.4, 0.5) is 5.82 Å². The number of hydrogen-bond acceptors (Lipinski definition) is 4. The fourth-order valence-corrected chi connectivity index (χ4v) is 2.38. The van der Waals surface area contributed by atoms with Gasteiger partial charge in [0.2, 0.25) is 0 Å². The molecule has 2 rings (SSSR count). The highest BCUT2D eigenvalue weighted by atomic mass is 35.5. The normalized spacial score (nSPS) is 19.4. The Morgan fingerprint density at radius 3 is 3.00 bits per heavy atom. The number of nitrogens with zero attached hydrogens (tertiary/aromatic N) is 2. The lowest BCUT2D eigenvalue weighted by Crippen LogP contribution is -2.37. The van der Waals surface area contributed by atoms with Crippen LogP contribution < -0.4 is 10.6 Å². The van der Waals surface area contributed by atoms with Crippen molar-refractivity contribution in [2.45, 2.75) is 19.4 Å². The highest BCUT2D eigenvalue weighted by Gasteiger charge is 2.23. The molecule has 1 aromatic heterocycles. The van der Waals surface area contributed by atoms with Crippen molar-refractivity contribution in [2.75, 3.05) is 32.0 Å². The smallest absolute Gasteiger partial charge is 0.271 e. The molecule has 2 heterocycles. The van der Waals surface area contributed by atoms with Crippen LogP contribution in [-0.2, 0) is 0 Å². The second-order valence-electron chi connectivity index (χ2n) is 4.78. The zero-order valence-electron chi connectivity index (χ0n) is 11.2. The maximum atomic E-state index is 12.2. The Morgan fingerprint density at radius 1 is 1.58 bits per heavy atom. The fourth-order valence-electron chi connectivity index (χ4n) is 2.19. The van der Waals surface area contributed by atoms with Crippen molar-refractivity contribution in [3.8, 4) is 0 Å². The molecule has 104 valence electrons. The molecule has 1 aliphatic rings. The molecule has 0 radical (unpaired) electrons. The lowest BCUT2D eigenvalue weighted by Gasteiger charge is -2.13. The molecule has 19 heavy (non-hydrogen) atoms. The molecular weight excluding hydrogens is 264 g/mol. The van der Waals surface area contributed by atoms with E-state index in [-0.39, 0.29) is 17.6 Å². The molecule has 0 aliphatic carbocycles. The van der Waals surface area contributed by atoms with E-state index in [9.17, 15) is 4.79 Å². The number of hydrogen-bond donors (Lipinski definition) is 2. The molecule has 1 aromatic rings. The van der Waals surface area contributed by atoms with Gasteiger partial charge in [-0.15, -0.1) is 0 Å². The van der Waals surface area contributed by atoms with Gasteiger partial charge in [0.15, 0.2) is 0 Å². The third-order valence-corrected chi connectivity index (χ3v) is 3.45. The topological polar surface area (TPSA) is 57.3 Å². The second-order valence-corrected chi connectivity index (χ2v) is 5.19. The van der Waals surface area contributed by atoms with E-state index in [0.29, 0.717) is 10.8 Å². The SMILES string of the molecule is CCNc1ccc(Cl)c(C(=O)NC2CCN(C)C2)n1. The summed E-state index contributed by atoms with van der Waals surface area (Å²) in [5.41, 5.74) is 0.287. The first-order valence-electron chi connectivity index (χ1n) is 6.50. The van der Waals surface area contributed by atoms with Gasteiger partial charge in [0.05, 0.1) is 5.02 Å². The predicted molar refractivity (Wildman–Crippen MR) is 76.8 cm³/mol. The third-order valence-electron chi connectivity index (χ3n) is 3.15. The van der Waals surface area contributed by atoms with Gasteiger partial charge >= 0.3 is 0 Å². The van der Waals surface area contributed by atoms with E-state index in [2.05, 4.69) is 20.5 Å². The van der Waals surface area contributed by atoms with E-state index in [1.54, 1.807) is 12.1 Å². The van der Waals surface area contributed by atoms with Crippen molar-refractivity contribution in [3.63, 3.8) is 0 Å². The molecule has 0 aromatic carbocycles. The highest BCUT2D eigenvalue weighted by molar-refractivity contribution is 6.33. The Bertz CT molecular complexity index is 466. The summed E-state index contributed by atoms with van der Waals surface area (Å²) in [6.45, 7) is 4.60. The maximum absolute atomic E-state index is 12.2. The summed E-state index contributed by atoms with van der Waals surface area (Å²) in [5, 5.41) is 6.43. The third kappa shape index (κ3) is 3.58. The van der Waals surface area contributed by atoms with Crippen LogP contribution in [0.5, 0.6) is 0 Å². The Labute approximate surface area is 118 Å². The van der Waals surface area contributed by atoms with Crippen LogP contribution in [0.2, 0.25) is 5.02 Å². The minimum atomic E-state index is -0.204. The summed E-state index contributed by atoms with van der Waals surface area (Å²) in [7, 11) is 2.04. The van der Waals surface area contributed by atoms with Gasteiger partial charge in [-0.25, -0.2) is 4.98 Å². The number of likely N-dealkylation sites (N-methyl/N-ethyl adjacent to an activating group) is 1. The van der Waals surface area contributed by atoms with Gasteiger partial charge in [0.25, 0.3) is 5.91 Å². The first kappa shape index (κ1) is 14.1. The van der Waals surface area contributed by atoms with Gasteiger partial charge in [-0.3, -0.25) is 4.79 Å². The quantitative estimate of drug-likeness (QED) is 0.881. The first-order valence-corrected chi connectivity index (χ1v) is 6.87. The number of carbonyl (C=O) groups is 1. The van der Waals surface area contributed by atoms with Gasteiger partial charge < -0.3 is 15.5 Å². The maximum Gasteiger partial charge on any atom is 0.271 e. The number of likely N-dealkylation sites (tertiary alicyclic amines) is 1. The zero-order chi connectivity index (χ0) is 13.8. The molecule has 1 saturated heterocycles. The Morgan fingerprint density at radius 2 is 2.37 bits per heavy atom. The van der Waals surface area contributed by atoms with Crippen molar-refractivity contribution >= 4 is 23.3 Å². The van der Waals surface area contributed by atoms with Crippen molar-refractivity contribution < 1.29 is 4.79 Å². The summed E-state index contributed by atoms with van der Waals surface area (Å²) in [6.07, 6.45) is 0.965. The average molecular weight is 283 g/mol. The number of amides is 1. The number of aromatic nitrogens is 1. The van der Waals surface area contributed by atoms with Crippen molar-refractivity contribution in [1.82, 2.24) is 15.2 Å². The van der Waals surface area contributed by atoms with Crippen molar-refractivity contribution in [2.24, 2.45) is 0 Å². The van der Waals surface area contributed by atoms with Crippen LogP contribution in [0, 0.1) is 0 Å². The van der Waals surface area contributed by atoms with Crippen LogP contribution >= 0.6 is 11.6 Å². The van der Waals surface area contributed by atoms with Crippen molar-refractivity contribution in [3.05, 3.63) is 22.8 Å². The number of pyridine rings is 1. The summed E-state index contributed by atoms with van der Waals surface area (Å²) in [5.74, 6) is 0.464. The van der Waals surface area contributed by atoms with Crippen LogP contribution in [-0.4, -0.2) is 48.5 Å². The number of nitrogens with one attached hydrogen (secondary N) is 2. The van der Waals surface area contributed by atoms with Crippen LogP contribution in [0.15, 0.2) is 12.1 Å². The minimum Gasteiger partial charge on any atom is -0.370 e. The predicted octanol–water partition coefficient (Wildman–Crippen LogP) is 1.60. The molecule has 6 heteroatoms. The lowest BCUT2D eigenvalue weighted by molar-refractivity contribution is 0.0933. The summed E-state index contributed by atoms with van der Waals surface area (Å²) in [4.78, 5) is 18.6. The van der Waals surface area contributed by atoms with Gasteiger partial charge in [-0.1, -0.05) is 11.6 Å². The highest BCUT2D eigenvalue weighted by Crippen LogP contribution is 2.17. The largest absolute Gasteiger partial charge is 0.370 e. The minimum absolute atomic E-state index is 0.179. The molecule has 1 aliphatic heterocycles. The standard InChI is InChI=1S/C13H19ClN4O/c1-3-15-11-5-4-10(14)12(17-11)13(19)16-9-6-7-18(2)8-9/h4-5,9H,3,6-8H2,1-2H3,(H,15,17)(H,16,19). The summed E-state index contributed by atoms with van der Waals surface area (Å²) < 4.78 is 0. The van der Waals surface area contributed by atoms with E-state index >= 15 is 0 Å². The number of carbonyl (C=O) groups excluding carboxylic acids is 1. The van der Waals surface area contributed by atoms with E-state index in [4.69, 9.17) is 11.6 Å². The monoisotopic (exact) mass is 282 g/mol. The second kappa shape index (κ2) is 6.21. The number of halogens is 1. The molecule has 1 atom stereocenters. The van der Waals surface area contributed by atoms with E-state index in [1.807, 2.05) is 14.0 Å².